The van der Waals surface area contributed by atoms with Gasteiger partial charge in [-0.15, -0.1) is 0 Å². The van der Waals surface area contributed by atoms with E-state index >= 15 is 0 Å². The van der Waals surface area contributed by atoms with E-state index in [1.165, 1.54) is 0 Å². The standard InChI is InChI=1S/C19H18N2O3/c1-12-18(13(2)24-21-12)14-7-9-16(10-8-14)20-19(22)15-5-4-6-17(11-15)23-3/h4-11H,1-3H3,(H,20,22). The van der Waals surface area contributed by atoms with E-state index in [1.807, 2.05) is 38.1 Å². The van der Waals surface area contributed by atoms with E-state index in [2.05, 4.69) is 10.5 Å². The van der Waals surface area contributed by atoms with Crippen LogP contribution in [0.5, 0.6) is 5.75 Å². The van der Waals surface area contributed by atoms with Crippen molar-refractivity contribution in [1.82, 2.24) is 5.16 Å². The summed E-state index contributed by atoms with van der Waals surface area (Å²) in [5.74, 6) is 1.25. The smallest absolute Gasteiger partial charge is 0.255 e. The molecule has 0 aliphatic carbocycles. The Morgan fingerprint density at radius 2 is 1.88 bits per heavy atom. The Morgan fingerprint density at radius 3 is 2.50 bits per heavy atom. The van der Waals surface area contributed by atoms with Gasteiger partial charge in [0.15, 0.2) is 0 Å². The van der Waals surface area contributed by atoms with Crippen molar-refractivity contribution in [2.45, 2.75) is 13.8 Å². The first kappa shape index (κ1) is 15.8. The van der Waals surface area contributed by atoms with Crippen molar-refractivity contribution in [3.05, 3.63) is 65.5 Å². The van der Waals surface area contributed by atoms with Crippen molar-refractivity contribution < 1.29 is 14.1 Å². The van der Waals surface area contributed by atoms with Gasteiger partial charge in [-0.3, -0.25) is 4.79 Å². The SMILES string of the molecule is COc1cccc(C(=O)Nc2ccc(-c3c(C)noc3C)cc2)c1. The van der Waals surface area contributed by atoms with Gasteiger partial charge in [-0.1, -0.05) is 23.4 Å². The third-order valence-electron chi connectivity index (χ3n) is 3.80. The molecule has 2 aromatic carbocycles. The highest BCUT2D eigenvalue weighted by Crippen LogP contribution is 2.27. The number of aryl methyl sites for hydroxylation is 2. The molecule has 0 saturated heterocycles. The molecule has 1 aromatic heterocycles. The molecular weight excluding hydrogens is 304 g/mol. The van der Waals surface area contributed by atoms with Crippen LogP contribution in [-0.2, 0) is 0 Å². The van der Waals surface area contributed by atoms with Crippen LogP contribution in [0.2, 0.25) is 0 Å². The lowest BCUT2D eigenvalue weighted by molar-refractivity contribution is 0.102. The number of rotatable bonds is 4. The fourth-order valence-electron chi connectivity index (χ4n) is 2.58. The maximum Gasteiger partial charge on any atom is 0.255 e. The zero-order chi connectivity index (χ0) is 17.1. The molecule has 0 fully saturated rings. The van der Waals surface area contributed by atoms with Crippen molar-refractivity contribution >= 4 is 11.6 Å². The van der Waals surface area contributed by atoms with Gasteiger partial charge >= 0.3 is 0 Å². The summed E-state index contributed by atoms with van der Waals surface area (Å²) in [7, 11) is 1.57. The van der Waals surface area contributed by atoms with Crippen molar-refractivity contribution in [3.63, 3.8) is 0 Å². The number of methoxy groups -OCH3 is 1. The minimum atomic E-state index is -0.181. The van der Waals surface area contributed by atoms with Gasteiger partial charge in [0.05, 0.1) is 12.8 Å². The molecule has 0 atom stereocenters. The molecule has 3 aromatic rings. The second-order valence-corrected chi connectivity index (χ2v) is 5.46. The Balaban J connectivity index is 1.78. The summed E-state index contributed by atoms with van der Waals surface area (Å²) in [4.78, 5) is 12.3. The zero-order valence-corrected chi connectivity index (χ0v) is 13.8. The molecule has 24 heavy (non-hydrogen) atoms. The average Bonchev–Trinajstić information content (AvgIpc) is 2.94. The van der Waals surface area contributed by atoms with E-state index in [9.17, 15) is 4.79 Å². The third kappa shape index (κ3) is 3.15. The van der Waals surface area contributed by atoms with Crippen LogP contribution in [0.4, 0.5) is 5.69 Å². The summed E-state index contributed by atoms with van der Waals surface area (Å²) in [6.07, 6.45) is 0. The molecule has 0 unspecified atom stereocenters. The van der Waals surface area contributed by atoms with Gasteiger partial charge in [-0.25, -0.2) is 0 Å². The molecule has 122 valence electrons. The molecule has 5 heteroatoms. The minimum absolute atomic E-state index is 0.181. The molecule has 1 heterocycles. The fraction of sp³-hybridized carbons (Fsp3) is 0.158. The maximum absolute atomic E-state index is 12.3. The molecule has 0 saturated carbocycles. The van der Waals surface area contributed by atoms with Gasteiger partial charge in [0.1, 0.15) is 11.5 Å². The van der Waals surface area contributed by atoms with Crippen LogP contribution in [0.1, 0.15) is 21.8 Å². The predicted octanol–water partition coefficient (Wildman–Crippen LogP) is 4.22. The molecule has 0 aliphatic heterocycles. The Hall–Kier alpha value is -3.08. The van der Waals surface area contributed by atoms with E-state index in [1.54, 1.807) is 31.4 Å². The summed E-state index contributed by atoms with van der Waals surface area (Å²) in [6, 6.07) is 14.6. The van der Waals surface area contributed by atoms with E-state index < -0.39 is 0 Å². The lowest BCUT2D eigenvalue weighted by Crippen LogP contribution is -2.11. The molecule has 1 N–H and O–H groups in total. The predicted molar refractivity (Wildman–Crippen MR) is 92.4 cm³/mol. The summed E-state index contributed by atoms with van der Waals surface area (Å²) < 4.78 is 10.3. The first-order valence-corrected chi connectivity index (χ1v) is 7.57. The van der Waals surface area contributed by atoms with Gasteiger partial charge in [0.2, 0.25) is 0 Å². The number of nitrogens with one attached hydrogen (secondary N) is 1. The number of nitrogens with zero attached hydrogens (tertiary/aromatic N) is 1. The summed E-state index contributed by atoms with van der Waals surface area (Å²) in [5.41, 5.74) is 4.11. The van der Waals surface area contributed by atoms with Crippen LogP contribution < -0.4 is 10.1 Å². The number of benzene rings is 2. The zero-order valence-electron chi connectivity index (χ0n) is 13.8. The highest BCUT2D eigenvalue weighted by molar-refractivity contribution is 6.04. The summed E-state index contributed by atoms with van der Waals surface area (Å²) in [6.45, 7) is 3.79. The Labute approximate surface area is 140 Å². The number of amides is 1. The topological polar surface area (TPSA) is 64.4 Å². The highest BCUT2D eigenvalue weighted by Gasteiger charge is 2.12. The molecule has 0 radical (unpaired) electrons. The first-order chi connectivity index (χ1) is 11.6. The van der Waals surface area contributed by atoms with Gasteiger partial charge in [-0.2, -0.15) is 0 Å². The van der Waals surface area contributed by atoms with Crippen LogP contribution in [0, 0.1) is 13.8 Å². The number of anilines is 1. The molecule has 3 rings (SSSR count). The molecular formula is C19H18N2O3. The average molecular weight is 322 g/mol. The lowest BCUT2D eigenvalue weighted by atomic mass is 10.0. The molecule has 5 nitrogen and oxygen atoms in total. The van der Waals surface area contributed by atoms with Crippen LogP contribution >= 0.6 is 0 Å². The van der Waals surface area contributed by atoms with Gasteiger partial charge in [-0.05, 0) is 49.7 Å². The normalized spacial score (nSPS) is 10.5. The van der Waals surface area contributed by atoms with Gasteiger partial charge in [0, 0.05) is 16.8 Å². The Bertz CT molecular complexity index is 847. The monoisotopic (exact) mass is 322 g/mol. The fourth-order valence-corrected chi connectivity index (χ4v) is 2.58. The Morgan fingerprint density at radius 1 is 1.12 bits per heavy atom. The molecule has 0 aliphatic rings. The number of aromatic nitrogens is 1. The van der Waals surface area contributed by atoms with Crippen LogP contribution in [0.25, 0.3) is 11.1 Å². The van der Waals surface area contributed by atoms with Crippen molar-refractivity contribution in [1.29, 1.82) is 0 Å². The quantitative estimate of drug-likeness (QED) is 0.781. The number of hydrogen-bond acceptors (Lipinski definition) is 4. The van der Waals surface area contributed by atoms with Gasteiger partial charge < -0.3 is 14.6 Å². The van der Waals surface area contributed by atoms with Crippen molar-refractivity contribution in [3.8, 4) is 16.9 Å². The number of ether oxygens (including phenoxy) is 1. The van der Waals surface area contributed by atoms with E-state index in [-0.39, 0.29) is 5.91 Å². The number of carbonyl (C=O) groups is 1. The minimum Gasteiger partial charge on any atom is -0.497 e. The first-order valence-electron chi connectivity index (χ1n) is 7.57. The van der Waals surface area contributed by atoms with E-state index in [0.717, 1.165) is 28.3 Å². The summed E-state index contributed by atoms with van der Waals surface area (Å²) in [5, 5.41) is 6.84. The van der Waals surface area contributed by atoms with Crippen LogP contribution in [0.3, 0.4) is 0 Å². The molecule has 0 spiro atoms. The molecule has 0 bridgehead atoms. The summed E-state index contributed by atoms with van der Waals surface area (Å²) >= 11 is 0. The van der Waals surface area contributed by atoms with Crippen LogP contribution in [0.15, 0.2) is 53.1 Å². The number of hydrogen-bond donors (Lipinski definition) is 1. The lowest BCUT2D eigenvalue weighted by Gasteiger charge is -2.08. The maximum atomic E-state index is 12.3. The molecule has 1 amide bonds. The van der Waals surface area contributed by atoms with E-state index in [4.69, 9.17) is 9.26 Å². The van der Waals surface area contributed by atoms with Crippen molar-refractivity contribution in [2.75, 3.05) is 12.4 Å². The largest absolute Gasteiger partial charge is 0.497 e. The van der Waals surface area contributed by atoms with E-state index in [0.29, 0.717) is 11.3 Å². The number of carbonyl (C=O) groups excluding carboxylic acids is 1. The second kappa shape index (κ2) is 6.58. The third-order valence-corrected chi connectivity index (χ3v) is 3.80. The highest BCUT2D eigenvalue weighted by atomic mass is 16.5. The van der Waals surface area contributed by atoms with Gasteiger partial charge in [0.25, 0.3) is 5.91 Å². The van der Waals surface area contributed by atoms with Crippen molar-refractivity contribution in [2.24, 2.45) is 0 Å². The van der Waals surface area contributed by atoms with Crippen LogP contribution in [-0.4, -0.2) is 18.2 Å². The second-order valence-electron chi connectivity index (χ2n) is 5.46. The Kier molecular flexibility index (Phi) is 4.33.